The maximum atomic E-state index is 12.2. The van der Waals surface area contributed by atoms with Crippen LogP contribution in [0.1, 0.15) is 11.1 Å². The minimum atomic E-state index is 0.0698. The molecular weight excluding hydrogens is 278 g/mol. The van der Waals surface area contributed by atoms with E-state index in [1.165, 1.54) is 5.56 Å². The third-order valence-electron chi connectivity index (χ3n) is 3.47. The van der Waals surface area contributed by atoms with Gasteiger partial charge < -0.3 is 0 Å². The lowest BCUT2D eigenvalue weighted by Crippen LogP contribution is -2.31. The second-order valence-corrected chi connectivity index (χ2v) is 6.18. The summed E-state index contributed by atoms with van der Waals surface area (Å²) in [5, 5.41) is 0.0698. The average molecular weight is 295 g/mol. The summed E-state index contributed by atoms with van der Waals surface area (Å²) in [6, 6.07) is 18.3. The lowest BCUT2D eigenvalue weighted by molar-refractivity contribution is -0.115. The Morgan fingerprint density at radius 1 is 1.10 bits per heavy atom. The molecule has 3 heteroatoms. The summed E-state index contributed by atoms with van der Waals surface area (Å²) in [6.45, 7) is 2.05. The molecule has 1 unspecified atom stereocenters. The van der Waals surface area contributed by atoms with Gasteiger partial charge in [0.05, 0.1) is 5.75 Å². The molecule has 2 aromatic carbocycles. The van der Waals surface area contributed by atoms with Crippen LogP contribution in [0.4, 0.5) is 5.69 Å². The summed E-state index contributed by atoms with van der Waals surface area (Å²) in [4.78, 5) is 14.0. The molecule has 1 aliphatic heterocycles. The first-order valence-corrected chi connectivity index (χ1v) is 8.02. The van der Waals surface area contributed by atoms with Crippen LogP contribution in [0.2, 0.25) is 0 Å². The van der Waals surface area contributed by atoms with Gasteiger partial charge in [-0.2, -0.15) is 0 Å². The van der Waals surface area contributed by atoms with Crippen molar-refractivity contribution in [1.29, 1.82) is 0 Å². The van der Waals surface area contributed by atoms with Crippen molar-refractivity contribution in [1.82, 2.24) is 0 Å². The quantitative estimate of drug-likeness (QED) is 0.849. The number of carbonyl (C=O) groups is 1. The second kappa shape index (κ2) is 6.19. The van der Waals surface area contributed by atoms with E-state index in [1.54, 1.807) is 11.8 Å². The zero-order chi connectivity index (χ0) is 14.7. The molecule has 0 N–H and O–H groups in total. The first-order chi connectivity index (χ1) is 10.2. The predicted molar refractivity (Wildman–Crippen MR) is 90.4 cm³/mol. The van der Waals surface area contributed by atoms with Crippen LogP contribution in [0.3, 0.4) is 0 Å². The molecule has 1 saturated heterocycles. The molecule has 1 atom stereocenters. The summed E-state index contributed by atoms with van der Waals surface area (Å²) < 4.78 is 0. The number of hydrogen-bond acceptors (Lipinski definition) is 2. The van der Waals surface area contributed by atoms with Crippen LogP contribution in [0.15, 0.2) is 60.7 Å². The Labute approximate surface area is 129 Å². The fourth-order valence-corrected chi connectivity index (χ4v) is 3.37. The van der Waals surface area contributed by atoms with Gasteiger partial charge in [0, 0.05) is 5.69 Å². The monoisotopic (exact) mass is 295 g/mol. The minimum absolute atomic E-state index is 0.0698. The number of anilines is 1. The summed E-state index contributed by atoms with van der Waals surface area (Å²) in [7, 11) is 0. The molecule has 3 rings (SSSR count). The SMILES string of the molecule is Cc1ccc(N2C(=O)CSC2C=Cc2ccccc2)cc1. The van der Waals surface area contributed by atoms with Gasteiger partial charge in [-0.3, -0.25) is 9.69 Å². The van der Waals surface area contributed by atoms with E-state index in [2.05, 4.69) is 31.2 Å². The Morgan fingerprint density at radius 3 is 2.52 bits per heavy atom. The molecule has 1 heterocycles. The van der Waals surface area contributed by atoms with Gasteiger partial charge in [-0.25, -0.2) is 0 Å². The number of thioether (sulfide) groups is 1. The normalized spacial score (nSPS) is 18.6. The molecular formula is C18H17NOS. The highest BCUT2D eigenvalue weighted by Crippen LogP contribution is 2.31. The predicted octanol–water partition coefficient (Wildman–Crippen LogP) is 4.11. The van der Waals surface area contributed by atoms with Crippen molar-refractivity contribution in [2.75, 3.05) is 10.7 Å². The zero-order valence-corrected chi connectivity index (χ0v) is 12.7. The smallest absolute Gasteiger partial charge is 0.238 e. The highest BCUT2D eigenvalue weighted by atomic mass is 32.2. The first kappa shape index (κ1) is 14.0. The average Bonchev–Trinajstić information content (AvgIpc) is 2.88. The molecule has 2 nitrogen and oxygen atoms in total. The van der Waals surface area contributed by atoms with Crippen LogP contribution in [0.25, 0.3) is 6.08 Å². The van der Waals surface area contributed by atoms with E-state index in [1.807, 2.05) is 47.4 Å². The Hall–Kier alpha value is -2.00. The van der Waals surface area contributed by atoms with E-state index >= 15 is 0 Å². The molecule has 0 spiro atoms. The zero-order valence-electron chi connectivity index (χ0n) is 11.9. The summed E-state index contributed by atoms with van der Waals surface area (Å²) in [5.74, 6) is 0.712. The topological polar surface area (TPSA) is 20.3 Å². The highest BCUT2D eigenvalue weighted by molar-refractivity contribution is 8.01. The number of carbonyl (C=O) groups excluding carboxylic acids is 1. The number of hydrogen-bond donors (Lipinski definition) is 0. The van der Waals surface area contributed by atoms with Crippen LogP contribution in [-0.4, -0.2) is 17.0 Å². The molecule has 1 amide bonds. The van der Waals surface area contributed by atoms with Gasteiger partial charge in [0.25, 0.3) is 0 Å². The molecule has 106 valence electrons. The minimum Gasteiger partial charge on any atom is -0.296 e. The molecule has 1 aliphatic rings. The standard InChI is InChI=1S/C18H17NOS/c1-14-7-10-16(11-8-14)19-17(20)13-21-18(19)12-9-15-5-3-2-4-6-15/h2-12,18H,13H2,1H3. The first-order valence-electron chi connectivity index (χ1n) is 6.97. The molecule has 0 radical (unpaired) electrons. The highest BCUT2D eigenvalue weighted by Gasteiger charge is 2.30. The van der Waals surface area contributed by atoms with E-state index in [4.69, 9.17) is 0 Å². The van der Waals surface area contributed by atoms with E-state index in [0.717, 1.165) is 11.3 Å². The Morgan fingerprint density at radius 2 is 1.81 bits per heavy atom. The van der Waals surface area contributed by atoms with Gasteiger partial charge in [-0.1, -0.05) is 60.2 Å². The Kier molecular flexibility index (Phi) is 4.11. The maximum Gasteiger partial charge on any atom is 0.238 e. The lowest BCUT2D eigenvalue weighted by atomic mass is 10.2. The summed E-state index contributed by atoms with van der Waals surface area (Å²) in [6.07, 6.45) is 4.18. The van der Waals surface area contributed by atoms with Gasteiger partial charge in [-0.15, -0.1) is 11.8 Å². The Bertz CT molecular complexity index is 649. The molecule has 0 aromatic heterocycles. The van der Waals surface area contributed by atoms with Crippen molar-refractivity contribution >= 4 is 29.4 Å². The largest absolute Gasteiger partial charge is 0.296 e. The van der Waals surface area contributed by atoms with E-state index < -0.39 is 0 Å². The molecule has 0 bridgehead atoms. The van der Waals surface area contributed by atoms with Crippen LogP contribution in [-0.2, 0) is 4.79 Å². The van der Waals surface area contributed by atoms with E-state index in [-0.39, 0.29) is 11.3 Å². The fourth-order valence-electron chi connectivity index (χ4n) is 2.34. The van der Waals surface area contributed by atoms with Crippen LogP contribution >= 0.6 is 11.8 Å². The number of benzene rings is 2. The van der Waals surface area contributed by atoms with Gasteiger partial charge in [-0.05, 0) is 24.6 Å². The molecule has 0 aliphatic carbocycles. The Balaban J connectivity index is 1.83. The maximum absolute atomic E-state index is 12.2. The number of aryl methyl sites for hydroxylation is 1. The molecule has 0 saturated carbocycles. The van der Waals surface area contributed by atoms with Crippen LogP contribution in [0, 0.1) is 6.92 Å². The molecule has 21 heavy (non-hydrogen) atoms. The van der Waals surface area contributed by atoms with Crippen molar-refractivity contribution < 1.29 is 4.79 Å². The van der Waals surface area contributed by atoms with Gasteiger partial charge in [0.1, 0.15) is 5.37 Å². The fraction of sp³-hybridized carbons (Fsp3) is 0.167. The molecule has 1 fully saturated rings. The summed E-state index contributed by atoms with van der Waals surface area (Å²) in [5.41, 5.74) is 3.33. The van der Waals surface area contributed by atoms with Gasteiger partial charge in [0.15, 0.2) is 0 Å². The second-order valence-electron chi connectivity index (χ2n) is 5.07. The lowest BCUT2D eigenvalue weighted by Gasteiger charge is -2.21. The van der Waals surface area contributed by atoms with Crippen LogP contribution in [0.5, 0.6) is 0 Å². The van der Waals surface area contributed by atoms with Gasteiger partial charge in [0.2, 0.25) is 5.91 Å². The molecule has 2 aromatic rings. The van der Waals surface area contributed by atoms with Crippen molar-refractivity contribution in [3.63, 3.8) is 0 Å². The van der Waals surface area contributed by atoms with E-state index in [0.29, 0.717) is 5.75 Å². The van der Waals surface area contributed by atoms with Crippen molar-refractivity contribution in [2.24, 2.45) is 0 Å². The number of rotatable bonds is 3. The number of amides is 1. The van der Waals surface area contributed by atoms with Crippen molar-refractivity contribution in [3.05, 3.63) is 71.8 Å². The number of nitrogens with zero attached hydrogens (tertiary/aromatic N) is 1. The van der Waals surface area contributed by atoms with Crippen LogP contribution < -0.4 is 4.90 Å². The van der Waals surface area contributed by atoms with E-state index in [9.17, 15) is 4.79 Å². The van der Waals surface area contributed by atoms with Crippen molar-refractivity contribution in [2.45, 2.75) is 12.3 Å². The van der Waals surface area contributed by atoms with Gasteiger partial charge >= 0.3 is 0 Å². The van der Waals surface area contributed by atoms with Crippen molar-refractivity contribution in [3.8, 4) is 0 Å². The third-order valence-corrected chi connectivity index (χ3v) is 4.59. The summed E-state index contributed by atoms with van der Waals surface area (Å²) >= 11 is 1.67. The third kappa shape index (κ3) is 3.19.